The van der Waals surface area contributed by atoms with Crippen molar-refractivity contribution in [2.45, 2.75) is 46.0 Å². The Morgan fingerprint density at radius 2 is 1.94 bits per heavy atom. The zero-order chi connectivity index (χ0) is 12.0. The van der Waals surface area contributed by atoms with Gasteiger partial charge in [0.1, 0.15) is 0 Å². The minimum Gasteiger partial charge on any atom is -0.432 e. The SMILES string of the molecule is CC(=O)OC(C=C(C)C)OC1CCOCC1. The summed E-state index contributed by atoms with van der Waals surface area (Å²) in [5.41, 5.74) is 1.07. The van der Waals surface area contributed by atoms with Gasteiger partial charge < -0.3 is 14.2 Å². The number of allylic oxidation sites excluding steroid dienone is 1. The average Bonchev–Trinajstić information content (AvgIpc) is 2.16. The molecule has 0 aromatic carbocycles. The molecule has 0 radical (unpaired) electrons. The van der Waals surface area contributed by atoms with Crippen LogP contribution in [-0.4, -0.2) is 31.6 Å². The maximum atomic E-state index is 10.9. The lowest BCUT2D eigenvalue weighted by atomic mass is 10.1. The van der Waals surface area contributed by atoms with Crippen molar-refractivity contribution in [2.75, 3.05) is 13.2 Å². The minimum atomic E-state index is -0.564. The third kappa shape index (κ3) is 5.28. The lowest BCUT2D eigenvalue weighted by Gasteiger charge is -2.26. The Labute approximate surface area is 96.6 Å². The summed E-state index contributed by atoms with van der Waals surface area (Å²) >= 11 is 0. The van der Waals surface area contributed by atoms with Gasteiger partial charge in [0.05, 0.1) is 6.10 Å². The normalized spacial score (nSPS) is 18.9. The molecule has 1 heterocycles. The van der Waals surface area contributed by atoms with Crippen LogP contribution in [-0.2, 0) is 19.0 Å². The highest BCUT2D eigenvalue weighted by Gasteiger charge is 2.19. The molecule has 1 saturated heterocycles. The van der Waals surface area contributed by atoms with Gasteiger partial charge in [0, 0.05) is 20.1 Å². The van der Waals surface area contributed by atoms with Crippen LogP contribution in [0, 0.1) is 0 Å². The molecule has 0 spiro atoms. The van der Waals surface area contributed by atoms with Gasteiger partial charge in [-0.2, -0.15) is 0 Å². The van der Waals surface area contributed by atoms with Crippen molar-refractivity contribution in [3.8, 4) is 0 Å². The fourth-order valence-electron chi connectivity index (χ4n) is 1.54. The van der Waals surface area contributed by atoms with Crippen LogP contribution in [0.4, 0.5) is 0 Å². The van der Waals surface area contributed by atoms with E-state index in [1.54, 1.807) is 0 Å². The van der Waals surface area contributed by atoms with Crippen molar-refractivity contribution in [1.82, 2.24) is 0 Å². The van der Waals surface area contributed by atoms with E-state index in [0.29, 0.717) is 13.2 Å². The van der Waals surface area contributed by atoms with E-state index < -0.39 is 6.29 Å². The zero-order valence-electron chi connectivity index (χ0n) is 10.2. The second-order valence-electron chi connectivity index (χ2n) is 4.17. The largest absolute Gasteiger partial charge is 0.432 e. The monoisotopic (exact) mass is 228 g/mol. The van der Waals surface area contributed by atoms with Gasteiger partial charge in [0.2, 0.25) is 6.29 Å². The Morgan fingerprint density at radius 3 is 2.44 bits per heavy atom. The van der Waals surface area contributed by atoms with Gasteiger partial charge in [-0.3, -0.25) is 4.79 Å². The first-order chi connectivity index (χ1) is 7.58. The molecule has 92 valence electrons. The van der Waals surface area contributed by atoms with Crippen molar-refractivity contribution in [3.05, 3.63) is 11.6 Å². The van der Waals surface area contributed by atoms with Crippen molar-refractivity contribution < 1.29 is 19.0 Å². The summed E-state index contributed by atoms with van der Waals surface area (Å²) in [4.78, 5) is 10.9. The van der Waals surface area contributed by atoms with E-state index in [-0.39, 0.29) is 12.1 Å². The number of carbonyl (C=O) groups excluding carboxylic acids is 1. The molecule has 0 aromatic heterocycles. The number of esters is 1. The Balaban J connectivity index is 2.47. The Bertz CT molecular complexity index is 250. The van der Waals surface area contributed by atoms with E-state index in [1.807, 2.05) is 19.9 Å². The number of hydrogen-bond donors (Lipinski definition) is 0. The van der Waals surface area contributed by atoms with Crippen LogP contribution in [0.3, 0.4) is 0 Å². The summed E-state index contributed by atoms with van der Waals surface area (Å²) in [6, 6.07) is 0. The van der Waals surface area contributed by atoms with Gasteiger partial charge in [-0.05, 0) is 32.8 Å². The van der Waals surface area contributed by atoms with Crippen molar-refractivity contribution in [1.29, 1.82) is 0 Å². The molecule has 0 bridgehead atoms. The Kier molecular flexibility index (Phi) is 5.49. The lowest BCUT2D eigenvalue weighted by Crippen LogP contribution is -2.30. The van der Waals surface area contributed by atoms with Crippen LogP contribution in [0.2, 0.25) is 0 Å². The van der Waals surface area contributed by atoms with Crippen LogP contribution < -0.4 is 0 Å². The first-order valence-electron chi connectivity index (χ1n) is 5.63. The summed E-state index contributed by atoms with van der Waals surface area (Å²) < 4.78 is 16.0. The average molecular weight is 228 g/mol. The van der Waals surface area contributed by atoms with Gasteiger partial charge in [-0.15, -0.1) is 0 Å². The first-order valence-corrected chi connectivity index (χ1v) is 5.63. The standard InChI is InChI=1S/C12H20O4/c1-9(2)8-12(15-10(3)13)16-11-4-6-14-7-5-11/h8,11-12H,4-7H2,1-3H3. The molecule has 0 N–H and O–H groups in total. The van der Waals surface area contributed by atoms with Crippen LogP contribution in [0.15, 0.2) is 11.6 Å². The zero-order valence-corrected chi connectivity index (χ0v) is 10.2. The maximum absolute atomic E-state index is 10.9. The second kappa shape index (κ2) is 6.66. The predicted octanol–water partition coefficient (Wildman–Crippen LogP) is 2.04. The predicted molar refractivity (Wildman–Crippen MR) is 59.9 cm³/mol. The molecule has 0 aliphatic carbocycles. The second-order valence-corrected chi connectivity index (χ2v) is 4.17. The molecule has 1 aliphatic rings. The van der Waals surface area contributed by atoms with E-state index in [4.69, 9.17) is 14.2 Å². The molecule has 4 heteroatoms. The quantitative estimate of drug-likeness (QED) is 0.419. The van der Waals surface area contributed by atoms with Crippen molar-refractivity contribution in [2.24, 2.45) is 0 Å². The fraction of sp³-hybridized carbons (Fsp3) is 0.750. The summed E-state index contributed by atoms with van der Waals surface area (Å²) in [5.74, 6) is -0.324. The summed E-state index contributed by atoms with van der Waals surface area (Å²) in [6.45, 7) is 6.71. The van der Waals surface area contributed by atoms with E-state index in [2.05, 4.69) is 0 Å². The first kappa shape index (κ1) is 13.2. The van der Waals surface area contributed by atoms with Crippen LogP contribution >= 0.6 is 0 Å². The number of carbonyl (C=O) groups is 1. The number of rotatable bonds is 4. The van der Waals surface area contributed by atoms with Crippen LogP contribution in [0.25, 0.3) is 0 Å². The highest BCUT2D eigenvalue weighted by molar-refractivity contribution is 5.66. The van der Waals surface area contributed by atoms with Crippen LogP contribution in [0.5, 0.6) is 0 Å². The molecule has 4 nitrogen and oxygen atoms in total. The molecule has 0 saturated carbocycles. The molecule has 0 aromatic rings. The smallest absolute Gasteiger partial charge is 0.305 e. The van der Waals surface area contributed by atoms with E-state index >= 15 is 0 Å². The molecule has 1 unspecified atom stereocenters. The van der Waals surface area contributed by atoms with Gasteiger partial charge in [0.25, 0.3) is 0 Å². The Hall–Kier alpha value is -0.870. The summed E-state index contributed by atoms with van der Waals surface area (Å²) in [7, 11) is 0. The molecule has 1 fully saturated rings. The lowest BCUT2D eigenvalue weighted by molar-refractivity contribution is -0.181. The van der Waals surface area contributed by atoms with E-state index in [9.17, 15) is 4.79 Å². The highest BCUT2D eigenvalue weighted by atomic mass is 16.7. The van der Waals surface area contributed by atoms with Crippen LogP contribution in [0.1, 0.15) is 33.6 Å². The third-order valence-electron chi connectivity index (χ3n) is 2.25. The van der Waals surface area contributed by atoms with Gasteiger partial charge in [-0.25, -0.2) is 0 Å². The summed E-state index contributed by atoms with van der Waals surface area (Å²) in [6.07, 6.45) is 3.08. The third-order valence-corrected chi connectivity index (χ3v) is 2.25. The molecule has 1 rings (SSSR count). The number of ether oxygens (including phenoxy) is 3. The minimum absolute atomic E-state index is 0.119. The molecule has 1 aliphatic heterocycles. The topological polar surface area (TPSA) is 44.8 Å². The van der Waals surface area contributed by atoms with E-state index in [1.165, 1.54) is 6.92 Å². The van der Waals surface area contributed by atoms with Gasteiger partial charge in [-0.1, -0.05) is 5.57 Å². The molecular weight excluding hydrogens is 208 g/mol. The molecule has 0 amide bonds. The number of hydrogen-bond acceptors (Lipinski definition) is 4. The molecular formula is C12H20O4. The highest BCUT2D eigenvalue weighted by Crippen LogP contribution is 2.15. The Morgan fingerprint density at radius 1 is 1.31 bits per heavy atom. The van der Waals surface area contributed by atoms with Crippen molar-refractivity contribution in [3.63, 3.8) is 0 Å². The summed E-state index contributed by atoms with van der Waals surface area (Å²) in [5, 5.41) is 0. The van der Waals surface area contributed by atoms with Gasteiger partial charge in [0.15, 0.2) is 0 Å². The van der Waals surface area contributed by atoms with Gasteiger partial charge >= 0.3 is 5.97 Å². The fourth-order valence-corrected chi connectivity index (χ4v) is 1.54. The molecule has 16 heavy (non-hydrogen) atoms. The maximum Gasteiger partial charge on any atom is 0.305 e. The van der Waals surface area contributed by atoms with Crippen molar-refractivity contribution >= 4 is 5.97 Å². The van der Waals surface area contributed by atoms with E-state index in [0.717, 1.165) is 18.4 Å². The molecule has 1 atom stereocenters.